The van der Waals surface area contributed by atoms with Crippen molar-refractivity contribution in [3.05, 3.63) is 64.7 Å². The zero-order chi connectivity index (χ0) is 14.5. The smallest absolute Gasteiger partial charge is 0.241 e. The molecule has 0 saturated heterocycles. The molecule has 102 valence electrons. The quantitative estimate of drug-likeness (QED) is 0.771. The molecule has 2 heteroatoms. The average Bonchev–Trinajstić information content (AvgIpc) is 2.63. The van der Waals surface area contributed by atoms with E-state index in [4.69, 9.17) is 0 Å². The number of nitrogens with zero attached hydrogens (tertiary/aromatic N) is 1. The third kappa shape index (κ3) is 1.54. The number of aryl methyl sites for hydroxylation is 2. The molecule has 0 spiro atoms. The highest BCUT2D eigenvalue weighted by atomic mass is 16.2. The summed E-state index contributed by atoms with van der Waals surface area (Å²) in [6.07, 6.45) is 0. The second kappa shape index (κ2) is 4.20. The number of anilines is 1. The number of carbonyl (C=O) groups excluding carboxylic acids is 1. The van der Waals surface area contributed by atoms with Crippen LogP contribution in [0.1, 0.15) is 29.2 Å². The van der Waals surface area contributed by atoms with Crippen LogP contribution in [0, 0.1) is 13.8 Å². The van der Waals surface area contributed by atoms with Gasteiger partial charge in [0.05, 0.1) is 5.41 Å². The maximum atomic E-state index is 12.9. The Balaban J connectivity index is 2.33. The van der Waals surface area contributed by atoms with Crippen molar-refractivity contribution in [2.45, 2.75) is 26.2 Å². The number of carbonyl (C=O) groups is 1. The molecule has 3 rings (SSSR count). The van der Waals surface area contributed by atoms with E-state index in [1.807, 2.05) is 44.3 Å². The van der Waals surface area contributed by atoms with Gasteiger partial charge in [0.25, 0.3) is 0 Å². The molecule has 1 unspecified atom stereocenters. The van der Waals surface area contributed by atoms with Crippen molar-refractivity contribution in [2.75, 3.05) is 11.9 Å². The van der Waals surface area contributed by atoms with Crippen LogP contribution in [0.4, 0.5) is 5.69 Å². The second-order valence-electron chi connectivity index (χ2n) is 5.83. The Morgan fingerprint density at radius 2 is 1.70 bits per heavy atom. The van der Waals surface area contributed by atoms with Crippen molar-refractivity contribution in [1.29, 1.82) is 0 Å². The van der Waals surface area contributed by atoms with Crippen LogP contribution < -0.4 is 4.90 Å². The maximum Gasteiger partial charge on any atom is 0.241 e. The van der Waals surface area contributed by atoms with Gasteiger partial charge in [-0.3, -0.25) is 4.79 Å². The zero-order valence-electron chi connectivity index (χ0n) is 12.4. The summed E-state index contributed by atoms with van der Waals surface area (Å²) < 4.78 is 0. The van der Waals surface area contributed by atoms with Crippen LogP contribution in [-0.2, 0) is 10.2 Å². The monoisotopic (exact) mass is 265 g/mol. The molecule has 0 aromatic heterocycles. The van der Waals surface area contributed by atoms with E-state index in [9.17, 15) is 4.79 Å². The van der Waals surface area contributed by atoms with Crippen LogP contribution in [0.3, 0.4) is 0 Å². The lowest BCUT2D eigenvalue weighted by molar-refractivity contribution is -0.121. The minimum absolute atomic E-state index is 0.146. The van der Waals surface area contributed by atoms with E-state index in [-0.39, 0.29) is 5.91 Å². The molecule has 1 amide bonds. The standard InChI is InChI=1S/C18H19NO/c1-12-10-13(2)16-15(11-12)19(4)17(20)18(16,3)14-8-6-5-7-9-14/h5-11H,1-4H3. The van der Waals surface area contributed by atoms with Gasteiger partial charge < -0.3 is 4.90 Å². The fourth-order valence-corrected chi connectivity index (χ4v) is 3.45. The van der Waals surface area contributed by atoms with Crippen LogP contribution in [0.2, 0.25) is 0 Å². The lowest BCUT2D eigenvalue weighted by Gasteiger charge is -2.25. The third-order valence-electron chi connectivity index (χ3n) is 4.40. The molecule has 0 bridgehead atoms. The van der Waals surface area contributed by atoms with Crippen molar-refractivity contribution in [1.82, 2.24) is 0 Å². The number of hydrogen-bond acceptors (Lipinski definition) is 1. The molecule has 1 aliphatic heterocycles. The lowest BCUT2D eigenvalue weighted by Crippen LogP contribution is -2.37. The number of hydrogen-bond donors (Lipinski definition) is 0. The Kier molecular flexibility index (Phi) is 2.72. The predicted molar refractivity (Wildman–Crippen MR) is 82.2 cm³/mol. The fourth-order valence-electron chi connectivity index (χ4n) is 3.45. The number of benzene rings is 2. The predicted octanol–water partition coefficient (Wildman–Crippen LogP) is 3.59. The number of likely N-dealkylation sites (N-methyl/N-ethyl adjacent to an activating group) is 1. The second-order valence-corrected chi connectivity index (χ2v) is 5.83. The molecule has 1 heterocycles. The summed E-state index contributed by atoms with van der Waals surface area (Å²) in [5.74, 6) is 0.146. The van der Waals surface area contributed by atoms with Crippen molar-refractivity contribution >= 4 is 11.6 Å². The van der Waals surface area contributed by atoms with Gasteiger partial charge in [0.15, 0.2) is 0 Å². The Morgan fingerprint density at radius 3 is 2.35 bits per heavy atom. The van der Waals surface area contributed by atoms with Gasteiger partial charge in [-0.25, -0.2) is 0 Å². The first-order chi connectivity index (χ1) is 9.46. The van der Waals surface area contributed by atoms with E-state index >= 15 is 0 Å². The first-order valence-electron chi connectivity index (χ1n) is 6.91. The first kappa shape index (κ1) is 12.9. The van der Waals surface area contributed by atoms with Gasteiger partial charge in [-0.15, -0.1) is 0 Å². The van der Waals surface area contributed by atoms with E-state index in [2.05, 4.69) is 26.0 Å². The summed E-state index contributed by atoms with van der Waals surface area (Å²) in [6, 6.07) is 14.3. The Morgan fingerprint density at radius 1 is 1.05 bits per heavy atom. The Hall–Kier alpha value is -2.09. The van der Waals surface area contributed by atoms with Crippen LogP contribution >= 0.6 is 0 Å². The maximum absolute atomic E-state index is 12.9. The lowest BCUT2D eigenvalue weighted by atomic mass is 9.75. The van der Waals surface area contributed by atoms with Crippen LogP contribution in [0.25, 0.3) is 0 Å². The van der Waals surface area contributed by atoms with Gasteiger partial charge in [-0.1, -0.05) is 36.4 Å². The molecule has 0 N–H and O–H groups in total. The van der Waals surface area contributed by atoms with Gasteiger partial charge in [-0.2, -0.15) is 0 Å². The number of rotatable bonds is 1. The normalized spacial score (nSPS) is 21.2. The summed E-state index contributed by atoms with van der Waals surface area (Å²) in [5, 5.41) is 0. The summed E-state index contributed by atoms with van der Waals surface area (Å²) in [5.41, 5.74) is 5.04. The van der Waals surface area contributed by atoms with Crippen molar-refractivity contribution in [3.63, 3.8) is 0 Å². The Labute approximate surface area is 120 Å². The highest BCUT2D eigenvalue weighted by Crippen LogP contribution is 2.47. The number of amides is 1. The van der Waals surface area contributed by atoms with Gasteiger partial charge >= 0.3 is 0 Å². The largest absolute Gasteiger partial charge is 0.314 e. The molecule has 2 aromatic carbocycles. The topological polar surface area (TPSA) is 20.3 Å². The van der Waals surface area contributed by atoms with Crippen LogP contribution in [0.5, 0.6) is 0 Å². The third-order valence-corrected chi connectivity index (χ3v) is 4.40. The Bertz CT molecular complexity index is 690. The van der Waals surface area contributed by atoms with E-state index in [1.54, 1.807) is 4.90 Å². The summed E-state index contributed by atoms with van der Waals surface area (Å²) in [7, 11) is 1.87. The average molecular weight is 265 g/mol. The number of fused-ring (bicyclic) bond motifs is 1. The van der Waals surface area contributed by atoms with Crippen molar-refractivity contribution < 1.29 is 4.79 Å². The van der Waals surface area contributed by atoms with E-state index in [0.717, 1.165) is 16.8 Å². The van der Waals surface area contributed by atoms with Gasteiger partial charge in [-0.05, 0) is 49.1 Å². The van der Waals surface area contributed by atoms with Gasteiger partial charge in [0.2, 0.25) is 5.91 Å². The highest BCUT2D eigenvalue weighted by Gasteiger charge is 2.48. The highest BCUT2D eigenvalue weighted by molar-refractivity contribution is 6.10. The molecular formula is C18H19NO. The molecular weight excluding hydrogens is 246 g/mol. The molecule has 0 aliphatic carbocycles. The molecule has 20 heavy (non-hydrogen) atoms. The summed E-state index contributed by atoms with van der Waals surface area (Å²) >= 11 is 0. The fraction of sp³-hybridized carbons (Fsp3) is 0.278. The van der Waals surface area contributed by atoms with E-state index in [1.165, 1.54) is 11.1 Å². The van der Waals surface area contributed by atoms with Crippen LogP contribution in [0.15, 0.2) is 42.5 Å². The SMILES string of the molecule is Cc1cc(C)c2c(c1)N(C)C(=O)C2(C)c1ccccc1. The zero-order valence-corrected chi connectivity index (χ0v) is 12.4. The first-order valence-corrected chi connectivity index (χ1v) is 6.91. The van der Waals surface area contributed by atoms with Gasteiger partial charge in [0, 0.05) is 12.7 Å². The van der Waals surface area contributed by atoms with Crippen molar-refractivity contribution in [3.8, 4) is 0 Å². The van der Waals surface area contributed by atoms with E-state index in [0.29, 0.717) is 0 Å². The molecule has 0 fully saturated rings. The van der Waals surface area contributed by atoms with E-state index < -0.39 is 5.41 Å². The van der Waals surface area contributed by atoms with Gasteiger partial charge in [0.1, 0.15) is 0 Å². The molecule has 0 radical (unpaired) electrons. The minimum atomic E-state index is -0.580. The molecule has 1 atom stereocenters. The molecule has 2 aromatic rings. The summed E-state index contributed by atoms with van der Waals surface area (Å²) in [4.78, 5) is 14.7. The summed E-state index contributed by atoms with van der Waals surface area (Å²) in [6.45, 7) is 6.21. The minimum Gasteiger partial charge on any atom is -0.314 e. The van der Waals surface area contributed by atoms with Crippen molar-refractivity contribution in [2.24, 2.45) is 0 Å². The molecule has 0 saturated carbocycles. The molecule has 1 aliphatic rings. The molecule has 2 nitrogen and oxygen atoms in total. The van der Waals surface area contributed by atoms with Crippen LogP contribution in [-0.4, -0.2) is 13.0 Å².